The Labute approximate surface area is 185 Å². The summed E-state index contributed by atoms with van der Waals surface area (Å²) in [4.78, 5) is 25.2. The van der Waals surface area contributed by atoms with Gasteiger partial charge in [0.05, 0.1) is 4.92 Å². The number of ether oxygens (including phenoxy) is 1. The first kappa shape index (κ1) is 22.3. The number of anilines is 1. The van der Waals surface area contributed by atoms with Gasteiger partial charge in [-0.25, -0.2) is 0 Å². The molecule has 0 radical (unpaired) electrons. The summed E-state index contributed by atoms with van der Waals surface area (Å²) in [6.07, 6.45) is 0.939. The molecule has 0 saturated heterocycles. The minimum atomic E-state index is -0.561. The van der Waals surface area contributed by atoms with Gasteiger partial charge in [-0.05, 0) is 74.6 Å². The topological polar surface area (TPSA) is 84.7 Å². The molecule has 0 heterocycles. The number of carbonyl (C=O) groups is 1. The van der Waals surface area contributed by atoms with Crippen molar-refractivity contribution in [2.45, 2.75) is 6.42 Å². The molecule has 3 aromatic carbocycles. The lowest BCUT2D eigenvalue weighted by Crippen LogP contribution is -2.15. The average molecular weight is 440 g/mol. The standard InChI is InChI=1S/C23H22ClN3O4/c1-26(2)14-13-16-3-8-19(9-4-16)25-23(28)17-5-10-20(11-6-17)31-22-12-7-18(24)15-21(22)27(29)30/h3-12,15H,13-14H2,1-2H3,(H,25,28). The van der Waals surface area contributed by atoms with Gasteiger partial charge in [-0.3, -0.25) is 14.9 Å². The van der Waals surface area contributed by atoms with Gasteiger partial charge in [-0.2, -0.15) is 0 Å². The van der Waals surface area contributed by atoms with Gasteiger partial charge in [0.2, 0.25) is 5.75 Å². The summed E-state index contributed by atoms with van der Waals surface area (Å²) in [5, 5.41) is 14.3. The number of benzene rings is 3. The van der Waals surface area contributed by atoms with Crippen molar-refractivity contribution >= 4 is 28.9 Å². The summed E-state index contributed by atoms with van der Waals surface area (Å²) >= 11 is 5.82. The average Bonchev–Trinajstić information content (AvgIpc) is 2.74. The van der Waals surface area contributed by atoms with Crippen LogP contribution in [0.4, 0.5) is 11.4 Å². The van der Waals surface area contributed by atoms with E-state index in [-0.39, 0.29) is 22.4 Å². The Hall–Kier alpha value is -3.42. The van der Waals surface area contributed by atoms with Gasteiger partial charge in [-0.1, -0.05) is 23.7 Å². The Bertz CT molecular complexity index is 1070. The van der Waals surface area contributed by atoms with E-state index in [9.17, 15) is 14.9 Å². The number of likely N-dealkylation sites (N-methyl/N-ethyl adjacent to an activating group) is 1. The molecule has 0 atom stereocenters. The fourth-order valence-electron chi connectivity index (χ4n) is 2.83. The number of nitrogens with one attached hydrogen (secondary N) is 1. The Morgan fingerprint density at radius 2 is 1.74 bits per heavy atom. The number of hydrogen-bond donors (Lipinski definition) is 1. The van der Waals surface area contributed by atoms with E-state index in [1.165, 1.54) is 23.8 Å². The largest absolute Gasteiger partial charge is 0.450 e. The van der Waals surface area contributed by atoms with Crippen LogP contribution >= 0.6 is 11.6 Å². The van der Waals surface area contributed by atoms with Crippen molar-refractivity contribution in [2.75, 3.05) is 26.0 Å². The smallest absolute Gasteiger partial charge is 0.313 e. The molecule has 0 spiro atoms. The number of nitro groups is 1. The van der Waals surface area contributed by atoms with Gasteiger partial charge >= 0.3 is 5.69 Å². The molecule has 0 bridgehead atoms. The minimum Gasteiger partial charge on any atom is -0.450 e. The van der Waals surface area contributed by atoms with Crippen molar-refractivity contribution < 1.29 is 14.5 Å². The van der Waals surface area contributed by atoms with Crippen molar-refractivity contribution in [1.82, 2.24) is 4.90 Å². The van der Waals surface area contributed by atoms with Crippen LogP contribution in [0.25, 0.3) is 0 Å². The molecule has 0 aliphatic rings. The number of amides is 1. The van der Waals surface area contributed by atoms with E-state index >= 15 is 0 Å². The summed E-state index contributed by atoms with van der Waals surface area (Å²) < 4.78 is 5.60. The fraction of sp³-hybridized carbons (Fsp3) is 0.174. The fourth-order valence-corrected chi connectivity index (χ4v) is 3.00. The van der Waals surface area contributed by atoms with E-state index in [0.29, 0.717) is 17.0 Å². The Morgan fingerprint density at radius 1 is 1.06 bits per heavy atom. The van der Waals surface area contributed by atoms with E-state index in [2.05, 4.69) is 10.2 Å². The lowest BCUT2D eigenvalue weighted by atomic mass is 10.1. The van der Waals surface area contributed by atoms with Crippen LogP contribution in [0.3, 0.4) is 0 Å². The van der Waals surface area contributed by atoms with E-state index in [1.807, 2.05) is 38.4 Å². The van der Waals surface area contributed by atoms with Crippen molar-refractivity contribution in [1.29, 1.82) is 0 Å². The Kier molecular flexibility index (Phi) is 7.23. The van der Waals surface area contributed by atoms with Gasteiger partial charge < -0.3 is 15.0 Å². The van der Waals surface area contributed by atoms with Crippen LogP contribution in [0.5, 0.6) is 11.5 Å². The van der Waals surface area contributed by atoms with Crippen molar-refractivity contribution in [2.24, 2.45) is 0 Å². The molecule has 8 heteroatoms. The molecule has 160 valence electrons. The summed E-state index contributed by atoms with van der Waals surface area (Å²) in [5.74, 6) is 0.179. The van der Waals surface area contributed by atoms with Crippen molar-refractivity contribution in [3.8, 4) is 11.5 Å². The molecule has 3 rings (SSSR count). The Balaban J connectivity index is 1.64. The van der Waals surface area contributed by atoms with Gasteiger partial charge in [0.15, 0.2) is 0 Å². The van der Waals surface area contributed by atoms with Gasteiger partial charge in [0.25, 0.3) is 5.91 Å². The number of rotatable bonds is 8. The first-order valence-electron chi connectivity index (χ1n) is 9.59. The molecule has 3 aromatic rings. The van der Waals surface area contributed by atoms with Crippen molar-refractivity contribution in [3.05, 3.63) is 93.0 Å². The number of hydrogen-bond acceptors (Lipinski definition) is 5. The molecule has 1 N–H and O–H groups in total. The number of carbonyl (C=O) groups excluding carboxylic acids is 1. The summed E-state index contributed by atoms with van der Waals surface area (Å²) in [5.41, 5.74) is 2.11. The zero-order valence-electron chi connectivity index (χ0n) is 17.2. The molecule has 0 aliphatic carbocycles. The molecule has 7 nitrogen and oxygen atoms in total. The maximum atomic E-state index is 12.5. The van der Waals surface area contributed by atoms with Crippen LogP contribution in [-0.2, 0) is 6.42 Å². The third-order valence-corrected chi connectivity index (χ3v) is 4.76. The lowest BCUT2D eigenvalue weighted by Gasteiger charge is -2.10. The van der Waals surface area contributed by atoms with E-state index in [4.69, 9.17) is 16.3 Å². The number of halogens is 1. The second-order valence-electron chi connectivity index (χ2n) is 7.20. The Morgan fingerprint density at radius 3 is 2.35 bits per heavy atom. The molecule has 31 heavy (non-hydrogen) atoms. The second-order valence-corrected chi connectivity index (χ2v) is 7.64. The van der Waals surface area contributed by atoms with Crippen LogP contribution in [0.1, 0.15) is 15.9 Å². The zero-order valence-corrected chi connectivity index (χ0v) is 17.9. The molecular weight excluding hydrogens is 418 g/mol. The monoisotopic (exact) mass is 439 g/mol. The van der Waals surface area contributed by atoms with Crippen molar-refractivity contribution in [3.63, 3.8) is 0 Å². The maximum Gasteiger partial charge on any atom is 0.313 e. The first-order valence-corrected chi connectivity index (χ1v) is 9.96. The predicted molar refractivity (Wildman–Crippen MR) is 121 cm³/mol. The first-order chi connectivity index (χ1) is 14.8. The van der Waals surface area contributed by atoms with Gasteiger partial charge in [0.1, 0.15) is 5.75 Å². The van der Waals surface area contributed by atoms with E-state index < -0.39 is 4.92 Å². The maximum absolute atomic E-state index is 12.5. The molecule has 1 amide bonds. The predicted octanol–water partition coefficient (Wildman–Crippen LogP) is 5.40. The zero-order chi connectivity index (χ0) is 22.4. The van der Waals surface area contributed by atoms with Gasteiger partial charge in [0, 0.05) is 28.9 Å². The summed E-state index contributed by atoms with van der Waals surface area (Å²) in [6, 6.07) is 18.3. The van der Waals surface area contributed by atoms with Crippen LogP contribution in [0.15, 0.2) is 66.7 Å². The van der Waals surface area contributed by atoms with Crippen LogP contribution in [0.2, 0.25) is 5.02 Å². The van der Waals surface area contributed by atoms with Gasteiger partial charge in [-0.15, -0.1) is 0 Å². The lowest BCUT2D eigenvalue weighted by molar-refractivity contribution is -0.385. The highest BCUT2D eigenvalue weighted by atomic mass is 35.5. The number of nitrogens with zero attached hydrogens (tertiary/aromatic N) is 2. The normalized spacial score (nSPS) is 10.7. The summed E-state index contributed by atoms with van der Waals surface area (Å²) in [6.45, 7) is 0.958. The number of nitro benzene ring substituents is 1. The van der Waals surface area contributed by atoms with E-state index in [0.717, 1.165) is 13.0 Å². The highest BCUT2D eigenvalue weighted by Crippen LogP contribution is 2.33. The second kappa shape index (κ2) is 10.1. The minimum absolute atomic E-state index is 0.0703. The SMILES string of the molecule is CN(C)CCc1ccc(NC(=O)c2ccc(Oc3ccc(Cl)cc3[N+](=O)[O-])cc2)cc1. The third kappa shape index (κ3) is 6.28. The highest BCUT2D eigenvalue weighted by molar-refractivity contribution is 6.30. The highest BCUT2D eigenvalue weighted by Gasteiger charge is 2.16. The molecule has 0 fully saturated rings. The quantitative estimate of drug-likeness (QED) is 0.375. The van der Waals surface area contributed by atoms with E-state index in [1.54, 1.807) is 24.3 Å². The summed E-state index contributed by atoms with van der Waals surface area (Å²) in [7, 11) is 4.06. The van der Waals surface area contributed by atoms with Crippen LogP contribution in [-0.4, -0.2) is 36.4 Å². The molecule has 0 aromatic heterocycles. The third-order valence-electron chi connectivity index (χ3n) is 4.52. The molecule has 0 saturated carbocycles. The van der Waals surface area contributed by atoms with Crippen LogP contribution in [0, 0.1) is 10.1 Å². The molecule has 0 aliphatic heterocycles. The van der Waals surface area contributed by atoms with Crippen LogP contribution < -0.4 is 10.1 Å². The molecule has 0 unspecified atom stereocenters. The molecular formula is C23H22ClN3O4.